The highest BCUT2D eigenvalue weighted by Gasteiger charge is 2.43. The Labute approximate surface area is 204 Å². The average Bonchev–Trinajstić information content (AvgIpc) is 2.76. The second-order valence-electron chi connectivity index (χ2n) is 10.3. The molecule has 0 radical (unpaired) electrons. The Kier molecular flexibility index (Phi) is 8.47. The smallest absolute Gasteiger partial charge is 0.220 e. The highest BCUT2D eigenvalue weighted by molar-refractivity contribution is 6.30. The van der Waals surface area contributed by atoms with Gasteiger partial charge in [0.25, 0.3) is 0 Å². The normalized spacial score (nSPS) is 20.9. The summed E-state index contributed by atoms with van der Waals surface area (Å²) < 4.78 is 11.3. The molecule has 2 aromatic rings. The van der Waals surface area contributed by atoms with Crippen molar-refractivity contribution in [2.75, 3.05) is 20.3 Å². The van der Waals surface area contributed by atoms with Crippen LogP contribution in [0.25, 0.3) is 0 Å². The molecule has 3 rings (SSSR count). The minimum Gasteiger partial charge on any atom is -0.497 e. The number of rotatable bonds is 9. The third kappa shape index (κ3) is 6.74. The summed E-state index contributed by atoms with van der Waals surface area (Å²) in [5, 5.41) is 3.92. The Morgan fingerprint density at radius 1 is 1.12 bits per heavy atom. The molecule has 1 N–H and O–H groups in total. The Bertz CT molecular complexity index is 908. The van der Waals surface area contributed by atoms with E-state index in [1.165, 1.54) is 5.56 Å². The van der Waals surface area contributed by atoms with Crippen molar-refractivity contribution in [2.45, 2.75) is 70.3 Å². The first-order chi connectivity index (χ1) is 15.6. The monoisotopic (exact) mass is 471 g/mol. The molecule has 1 fully saturated rings. The highest BCUT2D eigenvalue weighted by Crippen LogP contribution is 2.44. The van der Waals surface area contributed by atoms with Crippen molar-refractivity contribution in [3.8, 4) is 5.75 Å². The molecule has 0 bridgehead atoms. The van der Waals surface area contributed by atoms with Gasteiger partial charge in [-0.1, -0.05) is 49.7 Å². The lowest BCUT2D eigenvalue weighted by Crippen LogP contribution is -2.46. The number of amides is 1. The van der Waals surface area contributed by atoms with E-state index in [2.05, 4.69) is 57.3 Å². The van der Waals surface area contributed by atoms with Gasteiger partial charge in [0.05, 0.1) is 12.7 Å². The topological polar surface area (TPSA) is 47.6 Å². The van der Waals surface area contributed by atoms with Crippen LogP contribution in [0.15, 0.2) is 48.5 Å². The molecule has 2 atom stereocenters. The molecule has 1 aliphatic rings. The van der Waals surface area contributed by atoms with Crippen LogP contribution in [0.1, 0.15) is 70.4 Å². The van der Waals surface area contributed by atoms with E-state index in [1.807, 2.05) is 24.3 Å². The quantitative estimate of drug-likeness (QED) is 0.453. The average molecular weight is 472 g/mol. The number of hydrogen-bond donors (Lipinski definition) is 1. The van der Waals surface area contributed by atoms with Crippen LogP contribution < -0.4 is 10.1 Å². The number of nitrogens with one attached hydrogen (secondary N) is 1. The SMILES string of the molecule is COc1ccc(C(CCNC(=O)CC2(c3ccc(Cl)cc3)CCOC(C)(C)C2)C(C)C)cc1. The van der Waals surface area contributed by atoms with Crippen LogP contribution in [0.4, 0.5) is 0 Å². The van der Waals surface area contributed by atoms with Crippen LogP contribution >= 0.6 is 11.6 Å². The number of carbonyl (C=O) groups excluding carboxylic acids is 1. The molecule has 1 saturated heterocycles. The maximum atomic E-state index is 13.1. The zero-order chi connectivity index (χ0) is 24.1. The molecule has 33 heavy (non-hydrogen) atoms. The Hall–Kier alpha value is -2.04. The standard InChI is InChI=1S/C28H38ClNO3/c1-20(2)25(21-6-12-24(32-5)13-7-21)14-16-30-26(31)18-28(15-17-33-27(3,4)19-28)22-8-10-23(29)11-9-22/h6-13,20,25H,14-19H2,1-5H3,(H,30,31). The van der Waals surface area contributed by atoms with E-state index in [9.17, 15) is 4.79 Å². The fourth-order valence-electron chi connectivity index (χ4n) is 5.25. The van der Waals surface area contributed by atoms with Crippen molar-refractivity contribution < 1.29 is 14.3 Å². The fraction of sp³-hybridized carbons (Fsp3) is 0.536. The van der Waals surface area contributed by atoms with Gasteiger partial charge in [-0.2, -0.15) is 0 Å². The predicted octanol–water partition coefficient (Wildman–Crippen LogP) is 6.51. The summed E-state index contributed by atoms with van der Waals surface area (Å²) in [5.74, 6) is 1.82. The number of benzene rings is 2. The highest BCUT2D eigenvalue weighted by atomic mass is 35.5. The zero-order valence-electron chi connectivity index (χ0n) is 20.6. The van der Waals surface area contributed by atoms with Crippen LogP contribution in [0.3, 0.4) is 0 Å². The summed E-state index contributed by atoms with van der Waals surface area (Å²) in [6.45, 7) is 9.99. The zero-order valence-corrected chi connectivity index (χ0v) is 21.4. The van der Waals surface area contributed by atoms with Crippen molar-refractivity contribution >= 4 is 17.5 Å². The molecule has 0 spiro atoms. The molecule has 2 unspecified atom stereocenters. The maximum absolute atomic E-state index is 13.1. The summed E-state index contributed by atoms with van der Waals surface area (Å²) in [4.78, 5) is 13.1. The van der Waals surface area contributed by atoms with Crippen molar-refractivity contribution in [3.05, 3.63) is 64.7 Å². The fourth-order valence-corrected chi connectivity index (χ4v) is 5.38. The minimum atomic E-state index is -0.269. The maximum Gasteiger partial charge on any atom is 0.220 e. The molecule has 0 aliphatic carbocycles. The molecule has 1 amide bonds. The van der Waals surface area contributed by atoms with Gasteiger partial charge in [0.15, 0.2) is 0 Å². The first-order valence-electron chi connectivity index (χ1n) is 11.9. The third-order valence-corrected chi connectivity index (χ3v) is 7.17. The van der Waals surface area contributed by atoms with Crippen molar-refractivity contribution in [1.29, 1.82) is 0 Å². The number of ether oxygens (including phenoxy) is 2. The number of halogens is 1. The van der Waals surface area contributed by atoms with E-state index >= 15 is 0 Å². The van der Waals surface area contributed by atoms with Gasteiger partial charge in [-0.15, -0.1) is 0 Å². The minimum absolute atomic E-state index is 0.0971. The lowest BCUT2D eigenvalue weighted by molar-refractivity contribution is -0.126. The van der Waals surface area contributed by atoms with Gasteiger partial charge < -0.3 is 14.8 Å². The Morgan fingerprint density at radius 2 is 1.79 bits per heavy atom. The molecule has 4 nitrogen and oxygen atoms in total. The first-order valence-corrected chi connectivity index (χ1v) is 12.3. The predicted molar refractivity (Wildman–Crippen MR) is 135 cm³/mol. The molecule has 0 aromatic heterocycles. The second-order valence-corrected chi connectivity index (χ2v) is 10.7. The van der Waals surface area contributed by atoms with E-state index in [-0.39, 0.29) is 16.9 Å². The molecule has 1 heterocycles. The van der Waals surface area contributed by atoms with Crippen molar-refractivity contribution in [1.82, 2.24) is 5.32 Å². The Morgan fingerprint density at radius 3 is 2.36 bits per heavy atom. The summed E-state index contributed by atoms with van der Waals surface area (Å²) in [6, 6.07) is 16.2. The molecule has 2 aromatic carbocycles. The lowest BCUT2D eigenvalue weighted by Gasteiger charge is -2.45. The van der Waals surface area contributed by atoms with Crippen molar-refractivity contribution in [3.63, 3.8) is 0 Å². The molecule has 180 valence electrons. The van der Waals surface area contributed by atoms with Gasteiger partial charge in [-0.3, -0.25) is 4.79 Å². The second kappa shape index (κ2) is 10.9. The number of methoxy groups -OCH3 is 1. The molecular weight excluding hydrogens is 434 g/mol. The van der Waals surface area contributed by atoms with Crippen LogP contribution in [-0.2, 0) is 14.9 Å². The van der Waals surface area contributed by atoms with Gasteiger partial charge in [0.1, 0.15) is 5.75 Å². The van der Waals surface area contributed by atoms with Crippen LogP contribution in [0.2, 0.25) is 5.02 Å². The van der Waals surface area contributed by atoms with E-state index < -0.39 is 0 Å². The molecular formula is C28H38ClNO3. The van der Waals surface area contributed by atoms with Gasteiger partial charge in [-0.05, 0) is 80.3 Å². The summed E-state index contributed by atoms with van der Waals surface area (Å²) in [7, 11) is 1.68. The van der Waals surface area contributed by atoms with Crippen LogP contribution in [0.5, 0.6) is 5.75 Å². The van der Waals surface area contributed by atoms with E-state index in [1.54, 1.807) is 7.11 Å². The summed E-state index contributed by atoms with van der Waals surface area (Å²) in [6.07, 6.45) is 2.98. The first kappa shape index (κ1) is 25.6. The molecule has 1 aliphatic heterocycles. The largest absolute Gasteiger partial charge is 0.497 e. The van der Waals surface area contributed by atoms with E-state index in [4.69, 9.17) is 21.1 Å². The van der Waals surface area contributed by atoms with E-state index in [0.717, 1.165) is 30.6 Å². The molecule has 5 heteroatoms. The van der Waals surface area contributed by atoms with E-state index in [0.29, 0.717) is 36.4 Å². The Balaban J connectivity index is 1.66. The van der Waals surface area contributed by atoms with Gasteiger partial charge >= 0.3 is 0 Å². The van der Waals surface area contributed by atoms with Crippen LogP contribution in [-0.4, -0.2) is 31.8 Å². The number of carbonyl (C=O) groups is 1. The summed E-state index contributed by atoms with van der Waals surface area (Å²) >= 11 is 6.14. The number of hydrogen-bond acceptors (Lipinski definition) is 3. The van der Waals surface area contributed by atoms with Crippen molar-refractivity contribution in [2.24, 2.45) is 5.92 Å². The van der Waals surface area contributed by atoms with Gasteiger partial charge in [0.2, 0.25) is 5.91 Å². The lowest BCUT2D eigenvalue weighted by atomic mass is 9.67. The van der Waals surface area contributed by atoms with Gasteiger partial charge in [0, 0.05) is 30.0 Å². The molecule has 0 saturated carbocycles. The van der Waals surface area contributed by atoms with Crippen LogP contribution in [0, 0.1) is 5.92 Å². The van der Waals surface area contributed by atoms with Gasteiger partial charge in [-0.25, -0.2) is 0 Å². The summed E-state index contributed by atoms with van der Waals surface area (Å²) in [5.41, 5.74) is 1.93. The third-order valence-electron chi connectivity index (χ3n) is 6.92.